The van der Waals surface area contributed by atoms with Gasteiger partial charge in [-0.1, -0.05) is 42.5 Å². The molecular formula is C19H20N2O3. The number of amides is 2. The monoisotopic (exact) mass is 324 g/mol. The predicted molar refractivity (Wildman–Crippen MR) is 94.4 cm³/mol. The van der Waals surface area contributed by atoms with Gasteiger partial charge in [-0.05, 0) is 36.3 Å². The molecule has 124 valence electrons. The van der Waals surface area contributed by atoms with E-state index in [-0.39, 0.29) is 12.0 Å². The van der Waals surface area contributed by atoms with E-state index in [0.29, 0.717) is 18.8 Å². The molecule has 2 amide bonds. The number of hydrogen-bond acceptors (Lipinski definition) is 3. The van der Waals surface area contributed by atoms with Gasteiger partial charge in [0.1, 0.15) is 0 Å². The first-order valence-electron chi connectivity index (χ1n) is 7.71. The topological polar surface area (TPSA) is 67.4 Å². The van der Waals surface area contributed by atoms with Gasteiger partial charge in [0.05, 0.1) is 6.61 Å². The van der Waals surface area contributed by atoms with Crippen LogP contribution in [0, 0.1) is 0 Å². The second-order valence-electron chi connectivity index (χ2n) is 5.00. The first-order valence-corrected chi connectivity index (χ1v) is 7.71. The fourth-order valence-corrected chi connectivity index (χ4v) is 1.99. The molecule has 0 atom stereocenters. The Morgan fingerprint density at radius 1 is 1.04 bits per heavy atom. The van der Waals surface area contributed by atoms with Crippen LogP contribution >= 0.6 is 0 Å². The SMILES string of the molecule is CCOC(=O)/C=C/c1ccc(NC(=O)NCc2ccccc2)cc1. The first-order chi connectivity index (χ1) is 11.7. The molecule has 0 aliphatic rings. The van der Waals surface area contributed by atoms with Crippen LogP contribution in [-0.4, -0.2) is 18.6 Å². The fourth-order valence-electron chi connectivity index (χ4n) is 1.99. The molecule has 0 saturated carbocycles. The second-order valence-corrected chi connectivity index (χ2v) is 5.00. The zero-order chi connectivity index (χ0) is 17.2. The Hall–Kier alpha value is -3.08. The predicted octanol–water partition coefficient (Wildman–Crippen LogP) is 3.58. The minimum atomic E-state index is -0.375. The molecule has 5 heteroatoms. The van der Waals surface area contributed by atoms with Crippen LogP contribution in [0.2, 0.25) is 0 Å². The van der Waals surface area contributed by atoms with Crippen molar-refractivity contribution in [2.24, 2.45) is 0 Å². The van der Waals surface area contributed by atoms with Crippen LogP contribution in [0.3, 0.4) is 0 Å². The summed E-state index contributed by atoms with van der Waals surface area (Å²) in [6.07, 6.45) is 3.04. The third-order valence-corrected chi connectivity index (χ3v) is 3.16. The van der Waals surface area contributed by atoms with E-state index < -0.39 is 0 Å². The van der Waals surface area contributed by atoms with Crippen molar-refractivity contribution in [1.82, 2.24) is 5.32 Å². The number of esters is 1. The van der Waals surface area contributed by atoms with Gasteiger partial charge >= 0.3 is 12.0 Å². The lowest BCUT2D eigenvalue weighted by molar-refractivity contribution is -0.137. The van der Waals surface area contributed by atoms with Gasteiger partial charge in [0, 0.05) is 18.3 Å². The summed E-state index contributed by atoms with van der Waals surface area (Å²) < 4.78 is 4.81. The maximum Gasteiger partial charge on any atom is 0.330 e. The van der Waals surface area contributed by atoms with Crippen LogP contribution in [0.5, 0.6) is 0 Å². The van der Waals surface area contributed by atoms with Gasteiger partial charge in [-0.2, -0.15) is 0 Å². The molecule has 0 aromatic heterocycles. The number of urea groups is 1. The van der Waals surface area contributed by atoms with Crippen molar-refractivity contribution in [1.29, 1.82) is 0 Å². The summed E-state index contributed by atoms with van der Waals surface area (Å²) in [5.41, 5.74) is 2.55. The molecule has 0 spiro atoms. The standard InChI is InChI=1S/C19H20N2O3/c1-2-24-18(22)13-10-15-8-11-17(12-9-15)21-19(23)20-14-16-6-4-3-5-7-16/h3-13H,2,14H2,1H3,(H2,20,21,23)/b13-10+. The van der Waals surface area contributed by atoms with Crippen LogP contribution in [0.1, 0.15) is 18.1 Å². The number of ether oxygens (including phenoxy) is 1. The summed E-state index contributed by atoms with van der Waals surface area (Å²) >= 11 is 0. The second kappa shape index (κ2) is 9.15. The summed E-state index contributed by atoms with van der Waals surface area (Å²) in [6.45, 7) is 2.58. The van der Waals surface area contributed by atoms with E-state index in [1.807, 2.05) is 42.5 Å². The molecule has 0 heterocycles. The van der Waals surface area contributed by atoms with E-state index in [0.717, 1.165) is 11.1 Å². The Morgan fingerprint density at radius 2 is 1.75 bits per heavy atom. The third-order valence-electron chi connectivity index (χ3n) is 3.16. The Morgan fingerprint density at radius 3 is 2.42 bits per heavy atom. The average molecular weight is 324 g/mol. The summed E-state index contributed by atoms with van der Waals surface area (Å²) in [4.78, 5) is 23.1. The van der Waals surface area contributed by atoms with Crippen LogP contribution in [0.15, 0.2) is 60.7 Å². The average Bonchev–Trinajstić information content (AvgIpc) is 2.60. The van der Waals surface area contributed by atoms with Crippen molar-refractivity contribution in [2.45, 2.75) is 13.5 Å². The quantitative estimate of drug-likeness (QED) is 0.630. The summed E-state index contributed by atoms with van der Waals surface area (Å²) in [5, 5.41) is 5.55. The molecule has 0 aliphatic heterocycles. The zero-order valence-electron chi connectivity index (χ0n) is 13.5. The van der Waals surface area contributed by atoms with E-state index in [1.165, 1.54) is 6.08 Å². The van der Waals surface area contributed by atoms with Gasteiger partial charge in [0.15, 0.2) is 0 Å². The van der Waals surface area contributed by atoms with Gasteiger partial charge in [-0.25, -0.2) is 9.59 Å². The molecule has 0 aliphatic carbocycles. The number of nitrogens with one attached hydrogen (secondary N) is 2. The normalized spacial score (nSPS) is 10.4. The number of benzene rings is 2. The lowest BCUT2D eigenvalue weighted by Gasteiger charge is -2.08. The molecule has 2 aromatic rings. The molecular weight excluding hydrogens is 304 g/mol. The third kappa shape index (κ3) is 5.96. The van der Waals surface area contributed by atoms with E-state index in [1.54, 1.807) is 25.1 Å². The molecule has 0 saturated heterocycles. The molecule has 0 unspecified atom stereocenters. The van der Waals surface area contributed by atoms with Gasteiger partial charge in [-0.15, -0.1) is 0 Å². The minimum absolute atomic E-state index is 0.270. The van der Waals surface area contributed by atoms with Gasteiger partial charge in [0.2, 0.25) is 0 Å². The summed E-state index contributed by atoms with van der Waals surface area (Å²) in [7, 11) is 0. The van der Waals surface area contributed by atoms with Crippen molar-refractivity contribution in [3.8, 4) is 0 Å². The number of anilines is 1. The maximum atomic E-state index is 11.9. The van der Waals surface area contributed by atoms with Crippen molar-refractivity contribution in [2.75, 3.05) is 11.9 Å². The van der Waals surface area contributed by atoms with E-state index in [9.17, 15) is 9.59 Å². The molecule has 0 radical (unpaired) electrons. The molecule has 0 bridgehead atoms. The number of hydrogen-bond donors (Lipinski definition) is 2. The molecule has 2 rings (SSSR count). The highest BCUT2D eigenvalue weighted by Crippen LogP contribution is 2.11. The minimum Gasteiger partial charge on any atom is -0.463 e. The maximum absolute atomic E-state index is 11.9. The Bertz CT molecular complexity index is 694. The highest BCUT2D eigenvalue weighted by molar-refractivity contribution is 5.90. The largest absolute Gasteiger partial charge is 0.463 e. The van der Waals surface area contributed by atoms with Crippen LogP contribution in [-0.2, 0) is 16.1 Å². The molecule has 2 aromatic carbocycles. The van der Waals surface area contributed by atoms with Gasteiger partial charge < -0.3 is 15.4 Å². The molecule has 24 heavy (non-hydrogen) atoms. The van der Waals surface area contributed by atoms with E-state index in [2.05, 4.69) is 10.6 Å². The van der Waals surface area contributed by atoms with Gasteiger partial charge in [0.25, 0.3) is 0 Å². The molecule has 0 fully saturated rings. The number of carbonyl (C=O) groups excluding carboxylic acids is 2. The Labute approximate surface area is 141 Å². The lowest BCUT2D eigenvalue weighted by atomic mass is 10.2. The fraction of sp³-hybridized carbons (Fsp3) is 0.158. The highest BCUT2D eigenvalue weighted by atomic mass is 16.5. The Balaban J connectivity index is 1.82. The van der Waals surface area contributed by atoms with E-state index in [4.69, 9.17) is 4.74 Å². The van der Waals surface area contributed by atoms with Crippen molar-refractivity contribution < 1.29 is 14.3 Å². The zero-order valence-corrected chi connectivity index (χ0v) is 13.5. The smallest absolute Gasteiger partial charge is 0.330 e. The van der Waals surface area contributed by atoms with Crippen LogP contribution < -0.4 is 10.6 Å². The number of rotatable bonds is 6. The summed E-state index contributed by atoms with van der Waals surface area (Å²) in [6, 6.07) is 16.6. The van der Waals surface area contributed by atoms with Gasteiger partial charge in [-0.3, -0.25) is 0 Å². The van der Waals surface area contributed by atoms with Crippen LogP contribution in [0.25, 0.3) is 6.08 Å². The first kappa shape index (κ1) is 17.3. The van der Waals surface area contributed by atoms with E-state index >= 15 is 0 Å². The lowest BCUT2D eigenvalue weighted by Crippen LogP contribution is -2.28. The summed E-state index contributed by atoms with van der Waals surface area (Å²) in [5.74, 6) is -0.375. The molecule has 2 N–H and O–H groups in total. The van der Waals surface area contributed by atoms with Crippen molar-refractivity contribution in [3.63, 3.8) is 0 Å². The molecule has 5 nitrogen and oxygen atoms in total. The van der Waals surface area contributed by atoms with Crippen LogP contribution in [0.4, 0.5) is 10.5 Å². The Kier molecular flexibility index (Phi) is 6.58. The van der Waals surface area contributed by atoms with Crippen molar-refractivity contribution >= 4 is 23.8 Å². The van der Waals surface area contributed by atoms with Crippen molar-refractivity contribution in [3.05, 3.63) is 71.8 Å². The highest BCUT2D eigenvalue weighted by Gasteiger charge is 2.01. The number of carbonyl (C=O) groups is 2.